The molecule has 5 heteroatoms. The lowest BCUT2D eigenvalue weighted by Gasteiger charge is -2.07. The van der Waals surface area contributed by atoms with Gasteiger partial charge in [0.15, 0.2) is 6.79 Å². The number of aliphatic hydroxyl groups excluding tert-OH is 2. The van der Waals surface area contributed by atoms with Gasteiger partial charge in [-0.1, -0.05) is 55.7 Å². The topological polar surface area (TPSA) is 78.8 Å². The molecule has 0 aliphatic heterocycles. The van der Waals surface area contributed by atoms with Crippen LogP contribution in [-0.4, -0.2) is 29.7 Å². The zero-order valence-electron chi connectivity index (χ0n) is 15.7. The molecule has 0 spiro atoms. The number of unbranched alkanes of at least 4 members (excludes halogenated alkanes) is 4. The van der Waals surface area contributed by atoms with E-state index in [0.29, 0.717) is 12.3 Å². The quantitative estimate of drug-likeness (QED) is 0.407. The minimum Gasteiger partial charge on any atom is -0.422 e. The lowest BCUT2D eigenvalue weighted by molar-refractivity contribution is 0.0528. The standard InChI is InChI=1S/C22H29NO4/c24-15-5-3-1-2-4-6-18-7-9-19(10-8-18)16-20-11-13-21(14-12-20)23-22(26)27-17-25/h7-14,24-25H,1-6,15-17H2,(H,23,26). The van der Waals surface area contributed by atoms with Crippen molar-refractivity contribution in [3.05, 3.63) is 65.2 Å². The first-order chi connectivity index (χ1) is 13.2. The maximum atomic E-state index is 11.3. The Kier molecular flexibility index (Phi) is 9.38. The normalized spacial score (nSPS) is 10.6. The zero-order chi connectivity index (χ0) is 19.3. The molecule has 1 amide bonds. The minimum atomic E-state index is -0.672. The summed E-state index contributed by atoms with van der Waals surface area (Å²) in [5, 5.41) is 19.9. The number of hydrogen-bond acceptors (Lipinski definition) is 4. The summed E-state index contributed by atoms with van der Waals surface area (Å²) < 4.78 is 4.43. The predicted molar refractivity (Wildman–Crippen MR) is 107 cm³/mol. The molecule has 0 aliphatic carbocycles. The van der Waals surface area contributed by atoms with Crippen molar-refractivity contribution in [2.24, 2.45) is 0 Å². The van der Waals surface area contributed by atoms with Gasteiger partial charge in [0.05, 0.1) is 0 Å². The highest BCUT2D eigenvalue weighted by Crippen LogP contribution is 2.16. The highest BCUT2D eigenvalue weighted by molar-refractivity contribution is 5.84. The van der Waals surface area contributed by atoms with Crippen LogP contribution in [0.15, 0.2) is 48.5 Å². The van der Waals surface area contributed by atoms with E-state index in [1.165, 1.54) is 30.4 Å². The molecule has 3 N–H and O–H groups in total. The van der Waals surface area contributed by atoms with Crippen LogP contribution >= 0.6 is 0 Å². The van der Waals surface area contributed by atoms with Gasteiger partial charge in [-0.05, 0) is 54.5 Å². The monoisotopic (exact) mass is 371 g/mol. The summed E-state index contributed by atoms with van der Waals surface area (Å²) in [4.78, 5) is 11.3. The molecule has 27 heavy (non-hydrogen) atoms. The van der Waals surface area contributed by atoms with Gasteiger partial charge in [0.1, 0.15) is 0 Å². The average molecular weight is 371 g/mol. The Hall–Kier alpha value is -2.37. The summed E-state index contributed by atoms with van der Waals surface area (Å²) in [6.45, 7) is -0.333. The van der Waals surface area contributed by atoms with Crippen LogP contribution in [0.25, 0.3) is 0 Å². The molecular formula is C22H29NO4. The number of anilines is 1. The Balaban J connectivity index is 1.76. The Labute approximate surface area is 161 Å². The third-order valence-corrected chi connectivity index (χ3v) is 4.45. The number of hydrogen-bond donors (Lipinski definition) is 3. The minimum absolute atomic E-state index is 0.303. The van der Waals surface area contributed by atoms with Gasteiger partial charge in [0, 0.05) is 12.3 Å². The third-order valence-electron chi connectivity index (χ3n) is 4.45. The van der Waals surface area contributed by atoms with Gasteiger partial charge >= 0.3 is 6.09 Å². The fourth-order valence-corrected chi connectivity index (χ4v) is 2.95. The van der Waals surface area contributed by atoms with Crippen LogP contribution in [0.2, 0.25) is 0 Å². The van der Waals surface area contributed by atoms with E-state index in [0.717, 1.165) is 31.2 Å². The van der Waals surface area contributed by atoms with E-state index in [4.69, 9.17) is 10.2 Å². The molecule has 2 aromatic carbocycles. The zero-order valence-corrected chi connectivity index (χ0v) is 15.7. The molecule has 0 saturated heterocycles. The molecule has 5 nitrogen and oxygen atoms in total. The SMILES string of the molecule is O=C(Nc1ccc(Cc2ccc(CCCCCCCO)cc2)cc1)OCO. The van der Waals surface area contributed by atoms with E-state index in [9.17, 15) is 4.79 Å². The second-order valence-electron chi connectivity index (χ2n) is 6.62. The van der Waals surface area contributed by atoms with Crippen LogP contribution in [0.3, 0.4) is 0 Å². The van der Waals surface area contributed by atoms with E-state index >= 15 is 0 Å². The van der Waals surface area contributed by atoms with E-state index in [1.54, 1.807) is 0 Å². The van der Waals surface area contributed by atoms with E-state index < -0.39 is 12.9 Å². The van der Waals surface area contributed by atoms with Crippen LogP contribution in [0.5, 0.6) is 0 Å². The van der Waals surface area contributed by atoms with Crippen molar-refractivity contribution >= 4 is 11.8 Å². The molecule has 0 heterocycles. The molecule has 0 saturated carbocycles. The number of rotatable bonds is 11. The smallest absolute Gasteiger partial charge is 0.413 e. The number of aliphatic hydroxyl groups is 2. The van der Waals surface area contributed by atoms with Gasteiger partial charge in [-0.3, -0.25) is 5.32 Å². The number of nitrogens with one attached hydrogen (secondary N) is 1. The maximum absolute atomic E-state index is 11.3. The number of carbonyl (C=O) groups excluding carboxylic acids is 1. The van der Waals surface area contributed by atoms with Crippen molar-refractivity contribution in [1.29, 1.82) is 0 Å². The van der Waals surface area contributed by atoms with E-state index in [1.807, 2.05) is 24.3 Å². The highest BCUT2D eigenvalue weighted by Gasteiger charge is 2.03. The van der Waals surface area contributed by atoms with Crippen LogP contribution in [0.1, 0.15) is 48.8 Å². The Bertz CT molecular complexity index is 668. The van der Waals surface area contributed by atoms with Crippen molar-refractivity contribution in [1.82, 2.24) is 0 Å². The maximum Gasteiger partial charge on any atom is 0.413 e. The first-order valence-electron chi connectivity index (χ1n) is 9.53. The fourth-order valence-electron chi connectivity index (χ4n) is 2.95. The molecule has 2 aromatic rings. The van der Waals surface area contributed by atoms with Crippen LogP contribution < -0.4 is 5.32 Å². The van der Waals surface area contributed by atoms with Crippen LogP contribution in [0, 0.1) is 0 Å². The lowest BCUT2D eigenvalue weighted by Crippen LogP contribution is -2.13. The van der Waals surface area contributed by atoms with Crippen molar-refractivity contribution in [3.8, 4) is 0 Å². The number of amides is 1. The molecule has 0 aliphatic rings. The molecule has 146 valence electrons. The summed E-state index contributed by atoms with van der Waals surface area (Å²) in [6, 6.07) is 16.3. The van der Waals surface area contributed by atoms with E-state index in [2.05, 4.69) is 34.3 Å². The fraction of sp³-hybridized carbons (Fsp3) is 0.409. The lowest BCUT2D eigenvalue weighted by atomic mass is 10.0. The second kappa shape index (κ2) is 12.1. The van der Waals surface area contributed by atoms with Crippen LogP contribution in [-0.2, 0) is 17.6 Å². The first kappa shape index (κ1) is 20.9. The number of aryl methyl sites for hydroxylation is 1. The largest absolute Gasteiger partial charge is 0.422 e. The molecule has 0 unspecified atom stereocenters. The van der Waals surface area contributed by atoms with E-state index in [-0.39, 0.29) is 0 Å². The van der Waals surface area contributed by atoms with Gasteiger partial charge in [-0.15, -0.1) is 0 Å². The molecule has 0 atom stereocenters. The molecular weight excluding hydrogens is 342 g/mol. The summed E-state index contributed by atoms with van der Waals surface area (Å²) in [5.41, 5.74) is 4.41. The van der Waals surface area contributed by atoms with Gasteiger partial charge in [-0.2, -0.15) is 0 Å². The second-order valence-corrected chi connectivity index (χ2v) is 6.62. The summed E-state index contributed by atoms with van der Waals surface area (Å²) in [5.74, 6) is 0. The number of benzene rings is 2. The Morgan fingerprint density at radius 2 is 1.33 bits per heavy atom. The Morgan fingerprint density at radius 3 is 1.96 bits per heavy atom. The van der Waals surface area contributed by atoms with Gasteiger partial charge in [0.2, 0.25) is 0 Å². The molecule has 0 fully saturated rings. The van der Waals surface area contributed by atoms with Gasteiger partial charge in [-0.25, -0.2) is 4.79 Å². The average Bonchev–Trinajstić information content (AvgIpc) is 2.67. The highest BCUT2D eigenvalue weighted by atomic mass is 16.6. The van der Waals surface area contributed by atoms with Crippen molar-refractivity contribution in [2.45, 2.75) is 44.9 Å². The molecule has 0 bridgehead atoms. The Morgan fingerprint density at radius 1 is 0.778 bits per heavy atom. The molecule has 2 rings (SSSR count). The molecule has 0 radical (unpaired) electrons. The number of carbonyl (C=O) groups is 1. The first-order valence-corrected chi connectivity index (χ1v) is 9.53. The summed E-state index contributed by atoms with van der Waals surface area (Å²) in [7, 11) is 0. The summed E-state index contributed by atoms with van der Waals surface area (Å²) in [6.07, 6.45) is 6.90. The third kappa shape index (κ3) is 8.24. The van der Waals surface area contributed by atoms with Crippen molar-refractivity contribution in [2.75, 3.05) is 18.7 Å². The summed E-state index contributed by atoms with van der Waals surface area (Å²) >= 11 is 0. The molecule has 0 aromatic heterocycles. The van der Waals surface area contributed by atoms with Gasteiger partial charge in [0.25, 0.3) is 0 Å². The number of ether oxygens (including phenoxy) is 1. The van der Waals surface area contributed by atoms with Crippen molar-refractivity contribution in [3.63, 3.8) is 0 Å². The van der Waals surface area contributed by atoms with Crippen LogP contribution in [0.4, 0.5) is 10.5 Å². The predicted octanol–water partition coefficient (Wildman–Crippen LogP) is 4.26. The van der Waals surface area contributed by atoms with Crippen molar-refractivity contribution < 1.29 is 19.7 Å². The van der Waals surface area contributed by atoms with Gasteiger partial charge < -0.3 is 14.9 Å².